The number of para-hydroxylation sites is 3. The Kier molecular flexibility index (Phi) is 6.85. The van der Waals surface area contributed by atoms with Crippen molar-refractivity contribution in [3.63, 3.8) is 0 Å². The molecule has 0 atom stereocenters. The molecule has 2 rings (SSSR count). The van der Waals surface area contributed by atoms with Crippen LogP contribution in [0.25, 0.3) is 0 Å². The van der Waals surface area contributed by atoms with Crippen LogP contribution < -0.4 is 14.4 Å². The van der Waals surface area contributed by atoms with Gasteiger partial charge in [-0.05, 0) is 43.5 Å². The van der Waals surface area contributed by atoms with E-state index < -0.39 is 15.9 Å². The summed E-state index contributed by atoms with van der Waals surface area (Å²) >= 11 is 0. The van der Waals surface area contributed by atoms with E-state index in [0.29, 0.717) is 18.0 Å². The molecule has 0 aliphatic rings. The van der Waals surface area contributed by atoms with E-state index >= 15 is 0 Å². The molecular weight excluding hydrogens is 364 g/mol. The average molecular weight is 391 g/mol. The summed E-state index contributed by atoms with van der Waals surface area (Å²) in [5.74, 6) is 0.0130. The van der Waals surface area contributed by atoms with Crippen LogP contribution in [0.3, 0.4) is 0 Å². The number of carbonyl (C=O) groups is 1. The van der Waals surface area contributed by atoms with Gasteiger partial charge in [-0.15, -0.1) is 0 Å². The van der Waals surface area contributed by atoms with Crippen molar-refractivity contribution in [2.45, 2.75) is 27.2 Å². The van der Waals surface area contributed by atoms with Crippen molar-refractivity contribution in [2.24, 2.45) is 0 Å². The van der Waals surface area contributed by atoms with Gasteiger partial charge < -0.3 is 10.1 Å². The fourth-order valence-corrected chi connectivity index (χ4v) is 3.69. The van der Waals surface area contributed by atoms with Gasteiger partial charge in [0.1, 0.15) is 12.3 Å². The molecule has 1 N–H and O–H groups in total. The topological polar surface area (TPSA) is 75.7 Å². The van der Waals surface area contributed by atoms with Gasteiger partial charge in [0, 0.05) is 5.69 Å². The number of anilines is 2. The van der Waals surface area contributed by atoms with Crippen LogP contribution in [0.15, 0.2) is 42.5 Å². The van der Waals surface area contributed by atoms with Gasteiger partial charge >= 0.3 is 0 Å². The molecule has 0 radical (unpaired) electrons. The molecule has 7 heteroatoms. The summed E-state index contributed by atoms with van der Waals surface area (Å²) in [6.45, 7) is 5.79. The van der Waals surface area contributed by atoms with E-state index in [9.17, 15) is 13.2 Å². The van der Waals surface area contributed by atoms with Crippen molar-refractivity contribution in [1.29, 1.82) is 0 Å². The highest BCUT2D eigenvalue weighted by atomic mass is 32.2. The number of amides is 1. The van der Waals surface area contributed by atoms with Crippen molar-refractivity contribution in [1.82, 2.24) is 0 Å². The second-order valence-electron chi connectivity index (χ2n) is 6.18. The minimum Gasteiger partial charge on any atom is -0.492 e. The molecule has 146 valence electrons. The molecule has 0 aliphatic heterocycles. The number of sulfonamides is 1. The Morgan fingerprint density at radius 3 is 2.44 bits per heavy atom. The normalized spacial score (nSPS) is 11.1. The van der Waals surface area contributed by atoms with Crippen molar-refractivity contribution in [2.75, 3.05) is 29.0 Å². The predicted octanol–water partition coefficient (Wildman–Crippen LogP) is 3.36. The molecule has 27 heavy (non-hydrogen) atoms. The molecule has 1 amide bonds. The van der Waals surface area contributed by atoms with Crippen LogP contribution in [0.5, 0.6) is 5.75 Å². The van der Waals surface area contributed by atoms with E-state index in [1.807, 2.05) is 39.0 Å². The molecule has 2 aromatic rings. The molecular formula is C20H26N2O4S. The molecule has 0 bridgehead atoms. The molecule has 2 aromatic carbocycles. The summed E-state index contributed by atoms with van der Waals surface area (Å²) in [5, 5.41) is 2.87. The quantitative estimate of drug-likeness (QED) is 0.750. The number of nitrogens with one attached hydrogen (secondary N) is 1. The van der Waals surface area contributed by atoms with E-state index in [0.717, 1.165) is 33.8 Å². The van der Waals surface area contributed by atoms with Crippen LogP contribution in [0, 0.1) is 6.92 Å². The van der Waals surface area contributed by atoms with E-state index in [-0.39, 0.29) is 6.54 Å². The largest absolute Gasteiger partial charge is 0.492 e. The first-order chi connectivity index (χ1) is 12.8. The van der Waals surface area contributed by atoms with Gasteiger partial charge in [-0.1, -0.05) is 37.3 Å². The fourth-order valence-electron chi connectivity index (χ4n) is 2.83. The highest BCUT2D eigenvalue weighted by Crippen LogP contribution is 2.30. The van der Waals surface area contributed by atoms with Crippen LogP contribution in [0.1, 0.15) is 25.0 Å². The predicted molar refractivity (Wildman–Crippen MR) is 109 cm³/mol. The third kappa shape index (κ3) is 5.23. The van der Waals surface area contributed by atoms with E-state index in [1.54, 1.807) is 24.3 Å². The minimum absolute atomic E-state index is 0.333. The zero-order valence-electron chi connectivity index (χ0n) is 16.2. The molecule has 0 saturated carbocycles. The van der Waals surface area contributed by atoms with Crippen LogP contribution in [-0.4, -0.2) is 33.7 Å². The van der Waals surface area contributed by atoms with Crippen LogP contribution in [0.2, 0.25) is 0 Å². The summed E-state index contributed by atoms with van der Waals surface area (Å²) in [5.41, 5.74) is 3.02. The van der Waals surface area contributed by atoms with Gasteiger partial charge in [-0.3, -0.25) is 9.10 Å². The van der Waals surface area contributed by atoms with Crippen molar-refractivity contribution < 1.29 is 17.9 Å². The summed E-state index contributed by atoms with van der Waals surface area (Å²) in [7, 11) is -3.68. The zero-order valence-corrected chi connectivity index (χ0v) is 17.0. The van der Waals surface area contributed by atoms with E-state index in [2.05, 4.69) is 5.32 Å². The Morgan fingerprint density at radius 1 is 1.11 bits per heavy atom. The summed E-state index contributed by atoms with van der Waals surface area (Å²) in [6.07, 6.45) is 1.84. The van der Waals surface area contributed by atoms with Crippen LogP contribution in [-0.2, 0) is 21.2 Å². The molecule has 0 heterocycles. The maximum atomic E-state index is 12.7. The Balaban J connectivity index is 2.32. The molecule has 0 spiro atoms. The van der Waals surface area contributed by atoms with Gasteiger partial charge in [0.25, 0.3) is 0 Å². The summed E-state index contributed by atoms with van der Waals surface area (Å²) < 4.78 is 31.3. The van der Waals surface area contributed by atoms with Crippen LogP contribution >= 0.6 is 0 Å². The van der Waals surface area contributed by atoms with Gasteiger partial charge in [-0.2, -0.15) is 0 Å². The number of nitrogens with zero attached hydrogens (tertiary/aromatic N) is 1. The van der Waals surface area contributed by atoms with Gasteiger partial charge in [0.05, 0.1) is 18.6 Å². The highest BCUT2D eigenvalue weighted by Gasteiger charge is 2.24. The maximum Gasteiger partial charge on any atom is 0.245 e. The summed E-state index contributed by atoms with van der Waals surface area (Å²) in [6, 6.07) is 12.6. The number of benzene rings is 2. The first-order valence-corrected chi connectivity index (χ1v) is 10.7. The Bertz CT molecular complexity index is 910. The number of hydrogen-bond acceptors (Lipinski definition) is 4. The average Bonchev–Trinajstić information content (AvgIpc) is 2.61. The van der Waals surface area contributed by atoms with E-state index in [1.165, 1.54) is 0 Å². The lowest BCUT2D eigenvalue weighted by molar-refractivity contribution is -0.114. The lowest BCUT2D eigenvalue weighted by Gasteiger charge is -2.24. The second-order valence-corrected chi connectivity index (χ2v) is 8.09. The van der Waals surface area contributed by atoms with Crippen molar-refractivity contribution in [3.05, 3.63) is 53.6 Å². The summed E-state index contributed by atoms with van der Waals surface area (Å²) in [4.78, 5) is 12.7. The van der Waals surface area contributed by atoms with Crippen molar-refractivity contribution >= 4 is 27.3 Å². The number of carbonyl (C=O) groups excluding carboxylic acids is 1. The minimum atomic E-state index is -3.68. The Morgan fingerprint density at radius 2 is 1.81 bits per heavy atom. The van der Waals surface area contributed by atoms with E-state index in [4.69, 9.17) is 4.74 Å². The third-order valence-electron chi connectivity index (χ3n) is 4.13. The van der Waals surface area contributed by atoms with Crippen molar-refractivity contribution in [3.8, 4) is 5.75 Å². The number of hydrogen-bond donors (Lipinski definition) is 1. The molecule has 0 unspecified atom stereocenters. The Labute approximate surface area is 161 Å². The monoisotopic (exact) mass is 390 g/mol. The molecule has 0 saturated heterocycles. The number of aryl methyl sites for hydroxylation is 2. The highest BCUT2D eigenvalue weighted by molar-refractivity contribution is 7.92. The lowest BCUT2D eigenvalue weighted by Crippen LogP contribution is -2.38. The SMILES string of the molecule is CCOc1ccccc1N(CC(=O)Nc1c(C)cccc1CC)S(C)(=O)=O. The molecule has 0 fully saturated rings. The maximum absolute atomic E-state index is 12.7. The molecule has 0 aromatic heterocycles. The van der Waals surface area contributed by atoms with Gasteiger partial charge in [-0.25, -0.2) is 8.42 Å². The first-order valence-electron chi connectivity index (χ1n) is 8.85. The van der Waals surface area contributed by atoms with Gasteiger partial charge in [0.15, 0.2) is 0 Å². The second kappa shape index (κ2) is 8.90. The Hall–Kier alpha value is -2.54. The fraction of sp³-hybridized carbons (Fsp3) is 0.350. The molecule has 0 aliphatic carbocycles. The van der Waals surface area contributed by atoms with Gasteiger partial charge in [0.2, 0.25) is 15.9 Å². The third-order valence-corrected chi connectivity index (χ3v) is 5.25. The standard InChI is InChI=1S/C20H26N2O4S/c1-5-16-11-9-10-15(3)20(16)21-19(23)14-22(27(4,24)25)17-12-7-8-13-18(17)26-6-2/h7-13H,5-6,14H2,1-4H3,(H,21,23). The zero-order chi connectivity index (χ0) is 20.0. The lowest BCUT2D eigenvalue weighted by atomic mass is 10.1. The van der Waals surface area contributed by atoms with Crippen LogP contribution in [0.4, 0.5) is 11.4 Å². The molecule has 6 nitrogen and oxygen atoms in total. The number of ether oxygens (including phenoxy) is 1. The smallest absolute Gasteiger partial charge is 0.245 e. The number of rotatable bonds is 8. The first kappa shape index (κ1) is 20.8.